The maximum absolute atomic E-state index is 12.3. The number of hydrogen-bond donors (Lipinski definition) is 2. The highest BCUT2D eigenvalue weighted by molar-refractivity contribution is 7.14. The van der Waals surface area contributed by atoms with E-state index in [1.165, 1.54) is 11.3 Å². The third kappa shape index (κ3) is 2.55. The van der Waals surface area contributed by atoms with Crippen LogP contribution in [-0.2, 0) is 4.79 Å². The fourth-order valence-electron chi connectivity index (χ4n) is 2.34. The normalized spacial score (nSPS) is 22.2. The predicted molar refractivity (Wildman–Crippen MR) is 72.5 cm³/mol. The molecule has 2 rings (SSSR count). The zero-order valence-electron chi connectivity index (χ0n) is 10.6. The highest BCUT2D eigenvalue weighted by Gasteiger charge is 2.37. The Balaban J connectivity index is 2.10. The first-order valence-electron chi connectivity index (χ1n) is 6.06. The Kier molecular flexibility index (Phi) is 3.69. The minimum absolute atomic E-state index is 0.0429. The first kappa shape index (κ1) is 13.1. The van der Waals surface area contributed by atoms with Gasteiger partial charge in [-0.15, -0.1) is 11.3 Å². The fourth-order valence-corrected chi connectivity index (χ4v) is 3.08. The van der Waals surface area contributed by atoms with Gasteiger partial charge in [0.15, 0.2) is 0 Å². The summed E-state index contributed by atoms with van der Waals surface area (Å²) in [5, 5.41) is 17.5. The molecule has 1 atom stereocenters. The number of hydrogen-bond acceptors (Lipinski definition) is 4. The number of nitriles is 1. The summed E-state index contributed by atoms with van der Waals surface area (Å²) in [5.41, 5.74) is 0.480. The van der Waals surface area contributed by atoms with Gasteiger partial charge in [0.2, 0.25) is 5.91 Å². The summed E-state index contributed by atoms with van der Waals surface area (Å²) in [5.74, 6) is -0.0429. The lowest BCUT2D eigenvalue weighted by molar-refractivity contribution is -0.121. The average Bonchev–Trinajstić information content (AvgIpc) is 2.75. The van der Waals surface area contributed by atoms with Crippen LogP contribution in [-0.4, -0.2) is 18.5 Å². The summed E-state index contributed by atoms with van der Waals surface area (Å²) in [6.45, 7) is 5.07. The lowest BCUT2D eigenvalue weighted by Crippen LogP contribution is -2.53. The van der Waals surface area contributed by atoms with E-state index in [4.69, 9.17) is 5.26 Å². The SMILES string of the molecule is CC1(C)CCCNC1C(=O)Nc1sccc1C#N. The van der Waals surface area contributed by atoms with Gasteiger partial charge >= 0.3 is 0 Å². The molecule has 1 aromatic rings. The lowest BCUT2D eigenvalue weighted by atomic mass is 9.77. The van der Waals surface area contributed by atoms with E-state index in [2.05, 4.69) is 30.6 Å². The van der Waals surface area contributed by atoms with Gasteiger partial charge in [0, 0.05) is 0 Å². The van der Waals surface area contributed by atoms with Gasteiger partial charge in [-0.05, 0) is 36.2 Å². The molecule has 18 heavy (non-hydrogen) atoms. The zero-order chi connectivity index (χ0) is 13.2. The van der Waals surface area contributed by atoms with Crippen molar-refractivity contribution in [2.24, 2.45) is 5.41 Å². The van der Waals surface area contributed by atoms with Crippen LogP contribution < -0.4 is 10.6 Å². The second-order valence-electron chi connectivity index (χ2n) is 5.24. The number of rotatable bonds is 2. The fraction of sp³-hybridized carbons (Fsp3) is 0.538. The minimum Gasteiger partial charge on any atom is -0.315 e. The molecule has 1 aliphatic rings. The molecular weight excluding hydrogens is 246 g/mol. The van der Waals surface area contributed by atoms with Crippen molar-refractivity contribution in [1.82, 2.24) is 5.32 Å². The van der Waals surface area contributed by atoms with E-state index in [1.807, 2.05) is 5.38 Å². The van der Waals surface area contributed by atoms with Crippen molar-refractivity contribution in [2.75, 3.05) is 11.9 Å². The number of anilines is 1. The molecule has 1 saturated heterocycles. The smallest absolute Gasteiger partial charge is 0.242 e. The number of piperidine rings is 1. The molecule has 0 saturated carbocycles. The standard InChI is InChI=1S/C13H17N3OS/c1-13(2)5-3-6-15-10(13)11(17)16-12-9(8-14)4-7-18-12/h4,7,10,15H,3,5-6H2,1-2H3,(H,16,17). The third-order valence-corrected chi connectivity index (χ3v) is 4.24. The van der Waals surface area contributed by atoms with Crippen molar-refractivity contribution in [2.45, 2.75) is 32.7 Å². The minimum atomic E-state index is -0.195. The average molecular weight is 263 g/mol. The van der Waals surface area contributed by atoms with Crippen LogP contribution in [0.1, 0.15) is 32.3 Å². The monoisotopic (exact) mass is 263 g/mol. The first-order valence-corrected chi connectivity index (χ1v) is 6.94. The summed E-state index contributed by atoms with van der Waals surface area (Å²) in [4.78, 5) is 12.3. The molecule has 1 aromatic heterocycles. The van der Waals surface area contributed by atoms with Crippen LogP contribution in [0.3, 0.4) is 0 Å². The molecule has 0 radical (unpaired) electrons. The van der Waals surface area contributed by atoms with Gasteiger partial charge in [-0.3, -0.25) is 4.79 Å². The number of nitrogens with zero attached hydrogens (tertiary/aromatic N) is 1. The molecule has 1 fully saturated rings. The molecule has 2 N–H and O–H groups in total. The maximum Gasteiger partial charge on any atom is 0.242 e. The van der Waals surface area contributed by atoms with Gasteiger partial charge in [-0.2, -0.15) is 5.26 Å². The Morgan fingerprint density at radius 2 is 2.44 bits per heavy atom. The van der Waals surface area contributed by atoms with E-state index in [1.54, 1.807) is 6.07 Å². The van der Waals surface area contributed by atoms with Gasteiger partial charge in [0.05, 0.1) is 11.6 Å². The largest absolute Gasteiger partial charge is 0.315 e. The molecule has 1 unspecified atom stereocenters. The predicted octanol–water partition coefficient (Wildman–Crippen LogP) is 2.34. The first-order chi connectivity index (χ1) is 8.54. The van der Waals surface area contributed by atoms with E-state index in [0.717, 1.165) is 19.4 Å². The van der Waals surface area contributed by atoms with Gasteiger partial charge in [0.1, 0.15) is 11.1 Å². The van der Waals surface area contributed by atoms with Crippen molar-refractivity contribution in [1.29, 1.82) is 5.26 Å². The van der Waals surface area contributed by atoms with Crippen LogP contribution in [0.2, 0.25) is 0 Å². The summed E-state index contributed by atoms with van der Waals surface area (Å²) in [6.07, 6.45) is 2.13. The molecule has 0 aromatic carbocycles. The third-order valence-electron chi connectivity index (χ3n) is 3.41. The van der Waals surface area contributed by atoms with E-state index >= 15 is 0 Å². The molecule has 4 nitrogen and oxygen atoms in total. The zero-order valence-corrected chi connectivity index (χ0v) is 11.4. The van der Waals surface area contributed by atoms with E-state index < -0.39 is 0 Å². The quantitative estimate of drug-likeness (QED) is 0.860. The molecule has 1 aliphatic heterocycles. The van der Waals surface area contributed by atoms with Gasteiger partial charge in [-0.25, -0.2) is 0 Å². The van der Waals surface area contributed by atoms with Crippen LogP contribution >= 0.6 is 11.3 Å². The number of carbonyl (C=O) groups excluding carboxylic acids is 1. The van der Waals surface area contributed by atoms with Crippen molar-refractivity contribution in [3.05, 3.63) is 17.0 Å². The second-order valence-corrected chi connectivity index (χ2v) is 6.16. The van der Waals surface area contributed by atoms with Crippen molar-refractivity contribution >= 4 is 22.2 Å². The highest BCUT2D eigenvalue weighted by Crippen LogP contribution is 2.31. The topological polar surface area (TPSA) is 64.9 Å². The molecule has 96 valence electrons. The van der Waals surface area contributed by atoms with Gasteiger partial charge < -0.3 is 10.6 Å². The maximum atomic E-state index is 12.3. The van der Waals surface area contributed by atoms with E-state index in [9.17, 15) is 4.79 Å². The van der Waals surface area contributed by atoms with Crippen LogP contribution in [0.25, 0.3) is 0 Å². The number of carbonyl (C=O) groups is 1. The Hall–Kier alpha value is -1.38. The van der Waals surface area contributed by atoms with Crippen molar-refractivity contribution in [3.8, 4) is 6.07 Å². The molecule has 1 amide bonds. The van der Waals surface area contributed by atoms with E-state index in [-0.39, 0.29) is 17.4 Å². The Morgan fingerprint density at radius 1 is 1.67 bits per heavy atom. The second kappa shape index (κ2) is 5.09. The number of nitrogens with one attached hydrogen (secondary N) is 2. The van der Waals surface area contributed by atoms with E-state index in [0.29, 0.717) is 10.6 Å². The molecular formula is C13H17N3OS. The molecule has 2 heterocycles. The lowest BCUT2D eigenvalue weighted by Gasteiger charge is -2.38. The molecule has 0 aliphatic carbocycles. The van der Waals surface area contributed by atoms with Crippen molar-refractivity contribution < 1.29 is 4.79 Å². The van der Waals surface area contributed by atoms with Crippen LogP contribution in [0.4, 0.5) is 5.00 Å². The Bertz CT molecular complexity index is 487. The van der Waals surface area contributed by atoms with Crippen molar-refractivity contribution in [3.63, 3.8) is 0 Å². The molecule has 0 bridgehead atoms. The summed E-state index contributed by atoms with van der Waals surface area (Å²) in [7, 11) is 0. The molecule has 0 spiro atoms. The van der Waals surface area contributed by atoms with Crippen LogP contribution in [0, 0.1) is 16.7 Å². The van der Waals surface area contributed by atoms with Crippen LogP contribution in [0.15, 0.2) is 11.4 Å². The summed E-state index contributed by atoms with van der Waals surface area (Å²) >= 11 is 1.38. The number of amides is 1. The Labute approximate surface area is 111 Å². The van der Waals surface area contributed by atoms with Crippen LogP contribution in [0.5, 0.6) is 0 Å². The Morgan fingerprint density at radius 3 is 3.11 bits per heavy atom. The molecule has 5 heteroatoms. The van der Waals surface area contributed by atoms with Gasteiger partial charge in [0.25, 0.3) is 0 Å². The number of thiophene rings is 1. The van der Waals surface area contributed by atoms with Gasteiger partial charge in [-0.1, -0.05) is 13.8 Å². The summed E-state index contributed by atoms with van der Waals surface area (Å²) < 4.78 is 0. The highest BCUT2D eigenvalue weighted by atomic mass is 32.1. The summed E-state index contributed by atoms with van der Waals surface area (Å²) in [6, 6.07) is 3.61.